The van der Waals surface area contributed by atoms with Crippen LogP contribution in [0.4, 0.5) is 5.69 Å². The van der Waals surface area contributed by atoms with Crippen LogP contribution in [0.2, 0.25) is 0 Å². The van der Waals surface area contributed by atoms with E-state index in [1.807, 2.05) is 6.07 Å². The van der Waals surface area contributed by atoms with Gasteiger partial charge in [-0.25, -0.2) is 4.79 Å². The van der Waals surface area contributed by atoms with Crippen molar-refractivity contribution in [2.75, 3.05) is 11.9 Å². The molecule has 0 saturated carbocycles. The number of anilines is 1. The van der Waals surface area contributed by atoms with E-state index in [9.17, 15) is 4.79 Å². The molecular formula is C14H20BrNO3. The van der Waals surface area contributed by atoms with Crippen molar-refractivity contribution in [3.05, 3.63) is 28.2 Å². The maximum Gasteiger partial charge on any atom is 0.335 e. The zero-order valence-electron chi connectivity index (χ0n) is 11.4. The maximum atomic E-state index is 11.0. The van der Waals surface area contributed by atoms with E-state index >= 15 is 0 Å². The summed E-state index contributed by atoms with van der Waals surface area (Å²) in [4.78, 5) is 11.0. The van der Waals surface area contributed by atoms with Gasteiger partial charge in [0.2, 0.25) is 0 Å². The number of rotatable bonds is 5. The molecule has 0 aliphatic carbocycles. The molecule has 0 saturated heterocycles. The largest absolute Gasteiger partial charge is 0.478 e. The Hall–Kier alpha value is -1.07. The minimum atomic E-state index is -0.959. The molecule has 19 heavy (non-hydrogen) atoms. The summed E-state index contributed by atoms with van der Waals surface area (Å²) in [5.74, 6) is -0.959. The minimum Gasteiger partial charge on any atom is -0.478 e. The monoisotopic (exact) mass is 329 g/mol. The molecule has 0 heterocycles. The lowest BCUT2D eigenvalue weighted by atomic mass is 9.84. The number of aliphatic hydroxyl groups excluding tert-OH is 1. The van der Waals surface area contributed by atoms with Gasteiger partial charge in [-0.3, -0.25) is 0 Å². The maximum absolute atomic E-state index is 11.0. The Kier molecular flexibility index (Phi) is 5.38. The van der Waals surface area contributed by atoms with Crippen LogP contribution in [-0.2, 0) is 0 Å². The number of aliphatic hydroxyl groups is 1. The number of aromatic carboxylic acids is 1. The summed E-state index contributed by atoms with van der Waals surface area (Å²) in [6.45, 7) is 6.33. The Balaban J connectivity index is 2.99. The molecular weight excluding hydrogens is 310 g/mol. The highest BCUT2D eigenvalue weighted by molar-refractivity contribution is 9.10. The number of halogens is 1. The van der Waals surface area contributed by atoms with Crippen LogP contribution < -0.4 is 5.32 Å². The van der Waals surface area contributed by atoms with E-state index in [0.29, 0.717) is 10.9 Å². The first-order valence-corrected chi connectivity index (χ1v) is 6.94. The van der Waals surface area contributed by atoms with Crippen molar-refractivity contribution in [3.63, 3.8) is 0 Å². The van der Waals surface area contributed by atoms with Gasteiger partial charge in [-0.05, 0) is 30.0 Å². The van der Waals surface area contributed by atoms with Crippen LogP contribution in [0.25, 0.3) is 0 Å². The molecule has 0 radical (unpaired) electrons. The predicted octanol–water partition coefficient (Wildman–Crippen LogP) is 3.36. The highest BCUT2D eigenvalue weighted by atomic mass is 79.9. The molecule has 1 aromatic rings. The summed E-state index contributed by atoms with van der Waals surface area (Å²) < 4.78 is 0.714. The Morgan fingerprint density at radius 1 is 1.37 bits per heavy atom. The summed E-state index contributed by atoms with van der Waals surface area (Å²) >= 11 is 3.31. The first kappa shape index (κ1) is 16.0. The molecule has 106 valence electrons. The van der Waals surface area contributed by atoms with Crippen molar-refractivity contribution in [2.45, 2.75) is 33.2 Å². The highest BCUT2D eigenvalue weighted by Crippen LogP contribution is 2.27. The second kappa shape index (κ2) is 6.39. The lowest BCUT2D eigenvalue weighted by Gasteiger charge is -2.32. The molecule has 0 amide bonds. The topological polar surface area (TPSA) is 69.6 Å². The van der Waals surface area contributed by atoms with Crippen LogP contribution in [0.3, 0.4) is 0 Å². The van der Waals surface area contributed by atoms with Crippen molar-refractivity contribution < 1.29 is 15.0 Å². The Morgan fingerprint density at radius 3 is 2.47 bits per heavy atom. The quantitative estimate of drug-likeness (QED) is 0.774. The van der Waals surface area contributed by atoms with E-state index in [4.69, 9.17) is 10.2 Å². The van der Waals surface area contributed by atoms with Gasteiger partial charge in [0.15, 0.2) is 0 Å². The van der Waals surface area contributed by atoms with Gasteiger partial charge in [-0.2, -0.15) is 0 Å². The van der Waals surface area contributed by atoms with E-state index in [2.05, 4.69) is 42.0 Å². The van der Waals surface area contributed by atoms with Crippen LogP contribution in [0, 0.1) is 5.41 Å². The molecule has 0 fully saturated rings. The van der Waals surface area contributed by atoms with Gasteiger partial charge in [0.05, 0.1) is 5.56 Å². The van der Waals surface area contributed by atoms with Crippen LogP contribution >= 0.6 is 15.9 Å². The molecule has 4 nitrogen and oxygen atoms in total. The van der Waals surface area contributed by atoms with Crippen LogP contribution in [0.5, 0.6) is 0 Å². The fourth-order valence-electron chi connectivity index (χ4n) is 1.85. The van der Waals surface area contributed by atoms with Crippen molar-refractivity contribution in [1.82, 2.24) is 0 Å². The molecule has 0 aromatic heterocycles. The smallest absolute Gasteiger partial charge is 0.335 e. The number of hydrogen-bond donors (Lipinski definition) is 3. The van der Waals surface area contributed by atoms with Gasteiger partial charge in [0, 0.05) is 22.8 Å². The van der Waals surface area contributed by atoms with E-state index in [0.717, 1.165) is 5.69 Å². The molecule has 0 aliphatic heterocycles. The molecule has 5 heteroatoms. The van der Waals surface area contributed by atoms with Crippen LogP contribution in [0.15, 0.2) is 22.7 Å². The standard InChI is InChI=1S/C14H20BrNO3/c1-14(2,3)12(4-5-17)16-11-7-9(13(18)19)6-10(15)8-11/h6-8,12,16-17H,4-5H2,1-3H3,(H,18,19). The fourth-order valence-corrected chi connectivity index (χ4v) is 2.34. The molecule has 1 atom stereocenters. The van der Waals surface area contributed by atoms with E-state index in [-0.39, 0.29) is 23.6 Å². The van der Waals surface area contributed by atoms with Crippen molar-refractivity contribution >= 4 is 27.6 Å². The van der Waals surface area contributed by atoms with Gasteiger partial charge in [0.1, 0.15) is 0 Å². The number of nitrogens with one attached hydrogen (secondary N) is 1. The third-order valence-electron chi connectivity index (χ3n) is 2.95. The SMILES string of the molecule is CC(C)(C)C(CCO)Nc1cc(Br)cc(C(=O)O)c1. The zero-order chi connectivity index (χ0) is 14.6. The third-order valence-corrected chi connectivity index (χ3v) is 3.41. The number of benzene rings is 1. The molecule has 0 bridgehead atoms. The minimum absolute atomic E-state index is 0.0333. The highest BCUT2D eigenvalue weighted by Gasteiger charge is 2.24. The number of hydrogen-bond acceptors (Lipinski definition) is 3. The van der Waals surface area contributed by atoms with Crippen molar-refractivity contribution in [3.8, 4) is 0 Å². The summed E-state index contributed by atoms with van der Waals surface area (Å²) in [6, 6.07) is 5.06. The second-order valence-electron chi connectivity index (χ2n) is 5.61. The summed E-state index contributed by atoms with van der Waals surface area (Å²) in [5.41, 5.74) is 0.933. The summed E-state index contributed by atoms with van der Waals surface area (Å²) in [5, 5.41) is 21.5. The number of carboxylic acid groups (broad SMARTS) is 1. The Labute approximate surface area is 122 Å². The molecule has 1 aromatic carbocycles. The summed E-state index contributed by atoms with van der Waals surface area (Å²) in [7, 11) is 0. The van der Waals surface area contributed by atoms with Crippen LogP contribution in [-0.4, -0.2) is 28.8 Å². The lowest BCUT2D eigenvalue weighted by Crippen LogP contribution is -2.34. The number of carboxylic acids is 1. The van der Waals surface area contributed by atoms with Gasteiger partial charge in [0.25, 0.3) is 0 Å². The Morgan fingerprint density at radius 2 is 2.00 bits per heavy atom. The van der Waals surface area contributed by atoms with E-state index in [1.165, 1.54) is 0 Å². The third kappa shape index (κ3) is 4.84. The molecule has 3 N–H and O–H groups in total. The lowest BCUT2D eigenvalue weighted by molar-refractivity contribution is 0.0697. The van der Waals surface area contributed by atoms with Gasteiger partial charge in [-0.15, -0.1) is 0 Å². The second-order valence-corrected chi connectivity index (χ2v) is 6.52. The molecule has 0 aliphatic rings. The van der Waals surface area contributed by atoms with Gasteiger partial charge >= 0.3 is 5.97 Å². The average molecular weight is 330 g/mol. The van der Waals surface area contributed by atoms with E-state index in [1.54, 1.807) is 12.1 Å². The molecule has 1 unspecified atom stereocenters. The normalized spacial score (nSPS) is 13.1. The Bertz CT molecular complexity index is 454. The van der Waals surface area contributed by atoms with Crippen LogP contribution in [0.1, 0.15) is 37.6 Å². The fraction of sp³-hybridized carbons (Fsp3) is 0.500. The molecule has 0 spiro atoms. The summed E-state index contributed by atoms with van der Waals surface area (Å²) in [6.07, 6.45) is 0.610. The van der Waals surface area contributed by atoms with E-state index < -0.39 is 5.97 Å². The first-order valence-electron chi connectivity index (χ1n) is 6.15. The average Bonchev–Trinajstić information content (AvgIpc) is 2.26. The zero-order valence-corrected chi connectivity index (χ0v) is 13.0. The van der Waals surface area contributed by atoms with Gasteiger partial charge < -0.3 is 15.5 Å². The van der Waals surface area contributed by atoms with Crippen molar-refractivity contribution in [2.24, 2.45) is 5.41 Å². The van der Waals surface area contributed by atoms with Crippen molar-refractivity contribution in [1.29, 1.82) is 0 Å². The first-order chi connectivity index (χ1) is 8.74. The van der Waals surface area contributed by atoms with Gasteiger partial charge in [-0.1, -0.05) is 36.7 Å². The predicted molar refractivity (Wildman–Crippen MR) is 79.7 cm³/mol. The molecule has 1 rings (SSSR count). The number of carbonyl (C=O) groups is 1.